The van der Waals surface area contributed by atoms with Crippen molar-refractivity contribution in [2.45, 2.75) is 17.6 Å². The van der Waals surface area contributed by atoms with Crippen molar-refractivity contribution >= 4 is 17.4 Å². The van der Waals surface area contributed by atoms with Gasteiger partial charge < -0.3 is 10.3 Å². The van der Waals surface area contributed by atoms with E-state index in [1.807, 2.05) is 43.3 Å². The molecule has 0 saturated carbocycles. The van der Waals surface area contributed by atoms with Crippen LogP contribution in [0.3, 0.4) is 0 Å². The van der Waals surface area contributed by atoms with Crippen LogP contribution >= 0.6 is 11.8 Å². The van der Waals surface area contributed by atoms with Gasteiger partial charge in [0.25, 0.3) is 5.89 Å². The van der Waals surface area contributed by atoms with Gasteiger partial charge >= 0.3 is 0 Å². The Kier molecular flexibility index (Phi) is 3.92. The van der Waals surface area contributed by atoms with E-state index in [1.165, 1.54) is 4.90 Å². The molecule has 5 heteroatoms. The van der Waals surface area contributed by atoms with Crippen molar-refractivity contribution in [1.82, 2.24) is 10.1 Å². The third kappa shape index (κ3) is 3.25. The number of benzene rings is 2. The fourth-order valence-corrected chi connectivity index (χ4v) is 2.72. The molecule has 0 amide bonds. The molecule has 2 aromatic carbocycles. The fourth-order valence-electron chi connectivity index (χ4n) is 1.96. The molecule has 0 unspecified atom stereocenters. The van der Waals surface area contributed by atoms with E-state index in [9.17, 15) is 0 Å². The van der Waals surface area contributed by atoms with Crippen LogP contribution in [0.4, 0.5) is 5.69 Å². The maximum atomic E-state index is 5.81. The second-order valence-electron chi connectivity index (χ2n) is 4.69. The number of nitrogen functional groups attached to an aromatic ring is 1. The molecular formula is C16H15N3OS. The SMILES string of the molecule is Cc1ccc(N)cc1-c1nc(CSc2ccccc2)no1. The van der Waals surface area contributed by atoms with Crippen molar-refractivity contribution in [3.63, 3.8) is 0 Å². The molecule has 0 fully saturated rings. The van der Waals surface area contributed by atoms with Crippen LogP contribution in [0, 0.1) is 6.92 Å². The van der Waals surface area contributed by atoms with Gasteiger partial charge in [0.1, 0.15) is 0 Å². The average molecular weight is 297 g/mol. The van der Waals surface area contributed by atoms with E-state index >= 15 is 0 Å². The highest BCUT2D eigenvalue weighted by atomic mass is 32.2. The summed E-state index contributed by atoms with van der Waals surface area (Å²) in [4.78, 5) is 5.63. The Bertz CT molecular complexity index is 740. The van der Waals surface area contributed by atoms with Gasteiger partial charge in [-0.25, -0.2) is 0 Å². The smallest absolute Gasteiger partial charge is 0.258 e. The first-order valence-electron chi connectivity index (χ1n) is 6.59. The molecule has 0 aliphatic carbocycles. The Labute approximate surface area is 127 Å². The van der Waals surface area contributed by atoms with E-state index in [4.69, 9.17) is 10.3 Å². The van der Waals surface area contributed by atoms with Gasteiger partial charge in [0.05, 0.1) is 5.75 Å². The molecule has 21 heavy (non-hydrogen) atoms. The summed E-state index contributed by atoms with van der Waals surface area (Å²) in [6.45, 7) is 2.00. The van der Waals surface area contributed by atoms with Gasteiger partial charge in [0.2, 0.25) is 0 Å². The van der Waals surface area contributed by atoms with E-state index in [-0.39, 0.29) is 0 Å². The van der Waals surface area contributed by atoms with Crippen molar-refractivity contribution in [2.24, 2.45) is 0 Å². The minimum Gasteiger partial charge on any atom is -0.399 e. The van der Waals surface area contributed by atoms with Gasteiger partial charge in [-0.1, -0.05) is 29.4 Å². The van der Waals surface area contributed by atoms with Crippen LogP contribution in [-0.2, 0) is 5.75 Å². The number of rotatable bonds is 4. The highest BCUT2D eigenvalue weighted by molar-refractivity contribution is 7.98. The topological polar surface area (TPSA) is 64.9 Å². The Morgan fingerprint density at radius 3 is 2.76 bits per heavy atom. The number of hydrogen-bond donors (Lipinski definition) is 1. The summed E-state index contributed by atoms with van der Waals surface area (Å²) in [5.74, 6) is 1.87. The first-order valence-corrected chi connectivity index (χ1v) is 7.58. The van der Waals surface area contributed by atoms with E-state index < -0.39 is 0 Å². The molecule has 0 aliphatic heterocycles. The van der Waals surface area contributed by atoms with Crippen LogP contribution in [0.2, 0.25) is 0 Å². The number of aryl methyl sites for hydroxylation is 1. The summed E-state index contributed by atoms with van der Waals surface area (Å²) >= 11 is 1.68. The molecule has 3 aromatic rings. The van der Waals surface area contributed by atoms with Crippen LogP contribution in [0.25, 0.3) is 11.5 Å². The second kappa shape index (κ2) is 6.01. The van der Waals surface area contributed by atoms with Crippen LogP contribution in [-0.4, -0.2) is 10.1 Å². The summed E-state index contributed by atoms with van der Waals surface area (Å²) in [6, 6.07) is 15.8. The zero-order valence-electron chi connectivity index (χ0n) is 11.6. The number of anilines is 1. The minimum absolute atomic E-state index is 0.517. The number of nitrogens with zero attached hydrogens (tertiary/aromatic N) is 2. The Morgan fingerprint density at radius 1 is 1.14 bits per heavy atom. The van der Waals surface area contributed by atoms with Gasteiger partial charge in [0, 0.05) is 16.1 Å². The average Bonchev–Trinajstić information content (AvgIpc) is 2.97. The molecule has 0 bridgehead atoms. The lowest BCUT2D eigenvalue weighted by molar-refractivity contribution is 0.425. The molecule has 0 aliphatic rings. The first kappa shape index (κ1) is 13.7. The van der Waals surface area contributed by atoms with Crippen LogP contribution in [0.1, 0.15) is 11.4 Å². The number of nitrogens with two attached hydrogens (primary N) is 1. The zero-order chi connectivity index (χ0) is 14.7. The van der Waals surface area contributed by atoms with Crippen LogP contribution < -0.4 is 5.73 Å². The van der Waals surface area contributed by atoms with Crippen molar-refractivity contribution in [1.29, 1.82) is 0 Å². The molecule has 1 heterocycles. The van der Waals surface area contributed by atoms with E-state index in [0.29, 0.717) is 23.2 Å². The molecule has 4 nitrogen and oxygen atoms in total. The predicted molar refractivity (Wildman–Crippen MR) is 84.9 cm³/mol. The molecule has 0 spiro atoms. The quantitative estimate of drug-likeness (QED) is 0.584. The normalized spacial score (nSPS) is 10.7. The van der Waals surface area contributed by atoms with Crippen molar-refractivity contribution in [3.8, 4) is 11.5 Å². The molecule has 0 saturated heterocycles. The monoisotopic (exact) mass is 297 g/mol. The van der Waals surface area contributed by atoms with Crippen LogP contribution in [0.15, 0.2) is 57.9 Å². The highest BCUT2D eigenvalue weighted by Crippen LogP contribution is 2.26. The molecule has 3 rings (SSSR count). The Hall–Kier alpha value is -2.27. The molecular weight excluding hydrogens is 282 g/mol. The molecule has 2 N–H and O–H groups in total. The van der Waals surface area contributed by atoms with E-state index in [2.05, 4.69) is 22.3 Å². The van der Waals surface area contributed by atoms with E-state index in [0.717, 1.165) is 11.1 Å². The summed E-state index contributed by atoms with van der Waals surface area (Å²) in [5.41, 5.74) is 8.45. The maximum Gasteiger partial charge on any atom is 0.258 e. The standard InChI is InChI=1S/C16H15N3OS/c1-11-7-8-12(17)9-14(11)16-18-15(19-20-16)10-21-13-5-3-2-4-6-13/h2-9H,10,17H2,1H3. The lowest BCUT2D eigenvalue weighted by Gasteiger charge is -2.01. The largest absolute Gasteiger partial charge is 0.399 e. The fraction of sp³-hybridized carbons (Fsp3) is 0.125. The lowest BCUT2D eigenvalue weighted by atomic mass is 10.1. The third-order valence-electron chi connectivity index (χ3n) is 3.07. The predicted octanol–water partition coefficient (Wildman–Crippen LogP) is 3.92. The number of thioether (sulfide) groups is 1. The molecule has 1 aromatic heterocycles. The first-order chi connectivity index (χ1) is 10.2. The van der Waals surface area contributed by atoms with Gasteiger partial charge in [0.15, 0.2) is 5.82 Å². The number of aromatic nitrogens is 2. The van der Waals surface area contributed by atoms with Crippen molar-refractivity contribution in [3.05, 3.63) is 59.9 Å². The van der Waals surface area contributed by atoms with E-state index in [1.54, 1.807) is 11.8 Å². The minimum atomic E-state index is 0.517. The molecule has 106 valence electrons. The molecule has 0 radical (unpaired) electrons. The summed E-state index contributed by atoms with van der Waals surface area (Å²) in [6.07, 6.45) is 0. The maximum absolute atomic E-state index is 5.81. The van der Waals surface area contributed by atoms with Crippen molar-refractivity contribution in [2.75, 3.05) is 5.73 Å². The number of hydrogen-bond acceptors (Lipinski definition) is 5. The van der Waals surface area contributed by atoms with Gasteiger partial charge in [-0.05, 0) is 36.8 Å². The van der Waals surface area contributed by atoms with Gasteiger partial charge in [-0.2, -0.15) is 4.98 Å². The van der Waals surface area contributed by atoms with Gasteiger partial charge in [-0.15, -0.1) is 11.8 Å². The Balaban J connectivity index is 1.76. The second-order valence-corrected chi connectivity index (χ2v) is 5.74. The third-order valence-corrected chi connectivity index (χ3v) is 4.08. The van der Waals surface area contributed by atoms with Crippen molar-refractivity contribution < 1.29 is 4.52 Å². The van der Waals surface area contributed by atoms with Gasteiger partial charge in [-0.3, -0.25) is 0 Å². The zero-order valence-corrected chi connectivity index (χ0v) is 12.4. The summed E-state index contributed by atoms with van der Waals surface area (Å²) < 4.78 is 5.34. The lowest BCUT2D eigenvalue weighted by Crippen LogP contribution is -1.89. The van der Waals surface area contributed by atoms with Crippen LogP contribution in [0.5, 0.6) is 0 Å². The summed E-state index contributed by atoms with van der Waals surface area (Å²) in [5, 5.41) is 4.03. The summed E-state index contributed by atoms with van der Waals surface area (Å²) in [7, 11) is 0. The highest BCUT2D eigenvalue weighted by Gasteiger charge is 2.11. The Morgan fingerprint density at radius 2 is 1.95 bits per heavy atom. The molecule has 0 atom stereocenters.